The minimum absolute atomic E-state index is 0.370. The van der Waals surface area contributed by atoms with Gasteiger partial charge >= 0.3 is 0 Å². The van der Waals surface area contributed by atoms with E-state index in [4.69, 9.17) is 4.98 Å². The molecule has 1 aliphatic heterocycles. The van der Waals surface area contributed by atoms with Crippen LogP contribution in [0.2, 0.25) is 0 Å². The lowest BCUT2D eigenvalue weighted by Crippen LogP contribution is -2.17. The Morgan fingerprint density at radius 1 is 1.14 bits per heavy atom. The van der Waals surface area contributed by atoms with Crippen molar-refractivity contribution in [2.75, 3.05) is 0 Å². The van der Waals surface area contributed by atoms with Crippen LogP contribution in [0, 0.1) is 0 Å². The zero-order valence-electron chi connectivity index (χ0n) is 12.7. The average Bonchev–Trinajstić information content (AvgIpc) is 3.04. The smallest absolute Gasteiger partial charge is 0.140 e. The molecule has 3 aliphatic rings. The van der Waals surface area contributed by atoms with Crippen molar-refractivity contribution >= 4 is 22.8 Å². The Morgan fingerprint density at radius 3 is 2.62 bits per heavy atom. The SMILES string of the molecule is C=C1CC=Cn2c1nc1cc3c(cc12)C1(C)CCC3(C)C1. The number of allylic oxidation sites excluding steroid dienone is 2. The van der Waals surface area contributed by atoms with Crippen LogP contribution in [0.3, 0.4) is 0 Å². The maximum absolute atomic E-state index is 4.86. The lowest BCUT2D eigenvalue weighted by molar-refractivity contribution is 0.484. The zero-order chi connectivity index (χ0) is 14.4. The summed E-state index contributed by atoms with van der Waals surface area (Å²) in [5.74, 6) is 1.04. The highest BCUT2D eigenvalue weighted by molar-refractivity contribution is 5.86. The number of benzene rings is 1. The van der Waals surface area contributed by atoms with E-state index in [0.717, 1.165) is 23.3 Å². The molecule has 5 rings (SSSR count). The molecule has 0 N–H and O–H groups in total. The number of imidazole rings is 1. The Bertz CT molecular complexity index is 854. The average molecular weight is 276 g/mol. The minimum Gasteiger partial charge on any atom is -0.300 e. The van der Waals surface area contributed by atoms with Crippen LogP contribution < -0.4 is 0 Å². The molecule has 2 atom stereocenters. The van der Waals surface area contributed by atoms with E-state index in [1.807, 2.05) is 0 Å². The van der Waals surface area contributed by atoms with Gasteiger partial charge in [-0.1, -0.05) is 26.5 Å². The first-order valence-corrected chi connectivity index (χ1v) is 7.92. The summed E-state index contributed by atoms with van der Waals surface area (Å²) in [6.45, 7) is 9.04. The molecule has 2 unspecified atom stereocenters. The molecule has 0 saturated heterocycles. The molecule has 1 fully saturated rings. The highest BCUT2D eigenvalue weighted by Gasteiger charge is 2.53. The van der Waals surface area contributed by atoms with Crippen LogP contribution in [-0.2, 0) is 10.8 Å². The second-order valence-electron chi connectivity index (χ2n) is 7.68. The lowest BCUT2D eigenvalue weighted by atomic mass is 9.78. The third-order valence-electron chi connectivity index (χ3n) is 6.07. The molecular formula is C19H20N2. The van der Waals surface area contributed by atoms with Crippen LogP contribution in [0.5, 0.6) is 0 Å². The fourth-order valence-corrected chi connectivity index (χ4v) is 4.98. The molecule has 1 aromatic carbocycles. The van der Waals surface area contributed by atoms with Gasteiger partial charge in [-0.15, -0.1) is 0 Å². The first kappa shape index (κ1) is 11.8. The van der Waals surface area contributed by atoms with Crippen LogP contribution >= 0.6 is 0 Å². The third-order valence-corrected chi connectivity index (χ3v) is 6.07. The van der Waals surface area contributed by atoms with Crippen LogP contribution in [0.1, 0.15) is 56.5 Å². The van der Waals surface area contributed by atoms with E-state index < -0.39 is 0 Å². The Hall–Kier alpha value is -1.83. The molecule has 0 amide bonds. The molecule has 2 heteroatoms. The van der Waals surface area contributed by atoms with Crippen molar-refractivity contribution in [3.8, 4) is 0 Å². The van der Waals surface area contributed by atoms with Crippen molar-refractivity contribution in [3.05, 3.63) is 41.7 Å². The summed E-state index contributed by atoms with van der Waals surface area (Å²) < 4.78 is 2.22. The van der Waals surface area contributed by atoms with Crippen molar-refractivity contribution < 1.29 is 0 Å². The van der Waals surface area contributed by atoms with Crippen LogP contribution in [-0.4, -0.2) is 9.55 Å². The van der Waals surface area contributed by atoms with Gasteiger partial charge < -0.3 is 0 Å². The van der Waals surface area contributed by atoms with Gasteiger partial charge in [0, 0.05) is 6.20 Å². The normalized spacial score (nSPS) is 32.8. The zero-order valence-corrected chi connectivity index (χ0v) is 12.7. The topological polar surface area (TPSA) is 17.8 Å². The fraction of sp³-hybridized carbons (Fsp3) is 0.421. The van der Waals surface area contributed by atoms with Gasteiger partial charge in [0.2, 0.25) is 0 Å². The quantitative estimate of drug-likeness (QED) is 0.685. The first-order chi connectivity index (χ1) is 10.0. The Balaban J connectivity index is 1.87. The minimum atomic E-state index is 0.370. The van der Waals surface area contributed by atoms with Gasteiger partial charge in [0.1, 0.15) is 5.82 Å². The standard InChI is InChI=1S/C19H20N2/c1-12-5-4-8-21-16-10-14-13(9-15(16)20-17(12)21)18(2)6-7-19(14,3)11-18/h4,8-10H,1,5-7,11H2,2-3H3. The largest absolute Gasteiger partial charge is 0.300 e. The molecule has 21 heavy (non-hydrogen) atoms. The van der Waals surface area contributed by atoms with Crippen molar-refractivity contribution in [3.63, 3.8) is 0 Å². The van der Waals surface area contributed by atoms with E-state index >= 15 is 0 Å². The summed E-state index contributed by atoms with van der Waals surface area (Å²) >= 11 is 0. The molecule has 2 bridgehead atoms. The monoisotopic (exact) mass is 276 g/mol. The number of hydrogen-bond acceptors (Lipinski definition) is 1. The second kappa shape index (κ2) is 3.32. The summed E-state index contributed by atoms with van der Waals surface area (Å²) in [6.07, 6.45) is 9.20. The summed E-state index contributed by atoms with van der Waals surface area (Å²) in [6, 6.07) is 4.77. The Kier molecular flexibility index (Phi) is 1.86. The lowest BCUT2D eigenvalue weighted by Gasteiger charge is -2.27. The van der Waals surface area contributed by atoms with Crippen LogP contribution in [0.4, 0.5) is 0 Å². The molecule has 0 radical (unpaired) electrons. The maximum Gasteiger partial charge on any atom is 0.140 e. The van der Waals surface area contributed by atoms with Crippen molar-refractivity contribution in [2.24, 2.45) is 0 Å². The molecule has 2 aromatic rings. The van der Waals surface area contributed by atoms with Crippen molar-refractivity contribution in [1.82, 2.24) is 9.55 Å². The predicted octanol–water partition coefficient (Wildman–Crippen LogP) is 4.64. The van der Waals surface area contributed by atoms with Crippen LogP contribution in [0.15, 0.2) is 24.8 Å². The van der Waals surface area contributed by atoms with Gasteiger partial charge in [0.25, 0.3) is 0 Å². The molecule has 106 valence electrons. The van der Waals surface area contributed by atoms with E-state index in [1.165, 1.54) is 24.8 Å². The third kappa shape index (κ3) is 1.27. The fourth-order valence-electron chi connectivity index (χ4n) is 4.98. The highest BCUT2D eigenvalue weighted by Crippen LogP contribution is 2.60. The number of aromatic nitrogens is 2. The summed E-state index contributed by atoms with van der Waals surface area (Å²) in [7, 11) is 0. The van der Waals surface area contributed by atoms with Crippen LogP contribution in [0.25, 0.3) is 22.8 Å². The number of nitrogens with zero attached hydrogens (tertiary/aromatic N) is 2. The second-order valence-corrected chi connectivity index (χ2v) is 7.68. The molecule has 2 heterocycles. The van der Waals surface area contributed by atoms with E-state index in [-0.39, 0.29) is 0 Å². The molecule has 2 aliphatic carbocycles. The van der Waals surface area contributed by atoms with E-state index in [2.05, 4.69) is 49.4 Å². The van der Waals surface area contributed by atoms with E-state index in [9.17, 15) is 0 Å². The summed E-state index contributed by atoms with van der Waals surface area (Å²) in [5.41, 5.74) is 7.36. The van der Waals surface area contributed by atoms with Gasteiger partial charge in [-0.25, -0.2) is 4.98 Å². The van der Waals surface area contributed by atoms with Crippen molar-refractivity contribution in [1.29, 1.82) is 0 Å². The molecule has 1 aromatic heterocycles. The maximum atomic E-state index is 4.86. The molecule has 2 nitrogen and oxygen atoms in total. The number of hydrogen-bond donors (Lipinski definition) is 0. The molecule has 0 spiro atoms. The first-order valence-electron chi connectivity index (χ1n) is 7.92. The van der Waals surface area contributed by atoms with Gasteiger partial charge in [-0.3, -0.25) is 4.57 Å². The van der Waals surface area contributed by atoms with Crippen molar-refractivity contribution in [2.45, 2.75) is 50.4 Å². The highest BCUT2D eigenvalue weighted by atomic mass is 15.1. The van der Waals surface area contributed by atoms with Gasteiger partial charge in [-0.05, 0) is 65.3 Å². The summed E-state index contributed by atoms with van der Waals surface area (Å²) in [5, 5.41) is 0. The Morgan fingerprint density at radius 2 is 1.86 bits per heavy atom. The van der Waals surface area contributed by atoms with Gasteiger partial charge in [-0.2, -0.15) is 0 Å². The Labute approximate surface area is 125 Å². The van der Waals surface area contributed by atoms with E-state index in [1.54, 1.807) is 11.1 Å². The van der Waals surface area contributed by atoms with E-state index in [0.29, 0.717) is 10.8 Å². The number of rotatable bonds is 0. The number of fused-ring (bicyclic) bond motifs is 8. The van der Waals surface area contributed by atoms with Gasteiger partial charge in [0.05, 0.1) is 11.0 Å². The molecular weight excluding hydrogens is 256 g/mol. The van der Waals surface area contributed by atoms with Gasteiger partial charge in [0.15, 0.2) is 0 Å². The predicted molar refractivity (Wildman–Crippen MR) is 87.3 cm³/mol. The molecule has 1 saturated carbocycles. The summed E-state index contributed by atoms with van der Waals surface area (Å²) in [4.78, 5) is 4.86.